The first kappa shape index (κ1) is 15.4. The molecule has 0 bridgehead atoms. The highest BCUT2D eigenvalue weighted by molar-refractivity contribution is 5.97. The van der Waals surface area contributed by atoms with Gasteiger partial charge in [0, 0.05) is 13.5 Å². The first-order valence-electron chi connectivity index (χ1n) is 5.98. The molecule has 1 unspecified atom stereocenters. The number of ketones is 1. The summed E-state index contributed by atoms with van der Waals surface area (Å²) in [7, 11) is 2.77. The Balaban J connectivity index is 2.83. The quantitative estimate of drug-likeness (QED) is 0.687. The van der Waals surface area contributed by atoms with Crippen molar-refractivity contribution >= 4 is 17.8 Å². The predicted octanol–water partition coefficient (Wildman–Crippen LogP) is 0.585. The summed E-state index contributed by atoms with van der Waals surface area (Å²) in [6, 6.07) is -0.854. The molecule has 1 rings (SSSR count). The Hall–Kier alpha value is -1.63. The third-order valence-corrected chi connectivity index (χ3v) is 2.64. The number of hydrogen-bond acceptors (Lipinski definition) is 5. The Kier molecular flexibility index (Phi) is 4.52. The molecular formula is C12H20N2O5. The van der Waals surface area contributed by atoms with Crippen LogP contribution in [0.3, 0.4) is 0 Å². The summed E-state index contributed by atoms with van der Waals surface area (Å²) >= 11 is 0. The number of rotatable bonds is 2. The van der Waals surface area contributed by atoms with E-state index in [9.17, 15) is 14.4 Å². The van der Waals surface area contributed by atoms with Crippen molar-refractivity contribution in [2.24, 2.45) is 0 Å². The summed E-state index contributed by atoms with van der Waals surface area (Å²) in [5.74, 6) is -0.618. The molecule has 0 aromatic heterocycles. The van der Waals surface area contributed by atoms with Gasteiger partial charge in [0.2, 0.25) is 0 Å². The van der Waals surface area contributed by atoms with Crippen molar-refractivity contribution < 1.29 is 24.0 Å². The van der Waals surface area contributed by atoms with E-state index in [2.05, 4.69) is 0 Å². The van der Waals surface area contributed by atoms with Crippen LogP contribution in [0.2, 0.25) is 0 Å². The van der Waals surface area contributed by atoms with Crippen LogP contribution in [0.4, 0.5) is 4.79 Å². The van der Waals surface area contributed by atoms with Crippen LogP contribution >= 0.6 is 0 Å². The maximum absolute atomic E-state index is 12.0. The van der Waals surface area contributed by atoms with E-state index in [0.29, 0.717) is 0 Å². The van der Waals surface area contributed by atoms with Crippen LogP contribution in [0, 0.1) is 0 Å². The second-order valence-corrected chi connectivity index (χ2v) is 5.39. The molecule has 1 heterocycles. The molecule has 2 amide bonds. The largest absolute Gasteiger partial charge is 0.444 e. The molecule has 1 saturated heterocycles. The third-order valence-electron chi connectivity index (χ3n) is 2.64. The molecule has 0 saturated carbocycles. The van der Waals surface area contributed by atoms with Gasteiger partial charge in [0.25, 0.3) is 5.91 Å². The van der Waals surface area contributed by atoms with Crippen LogP contribution in [-0.4, -0.2) is 60.1 Å². The fourth-order valence-electron chi connectivity index (χ4n) is 1.72. The Bertz CT molecular complexity index is 388. The molecule has 0 aromatic rings. The minimum atomic E-state index is -0.854. The SMILES string of the molecule is CON(C)C(=O)C1CC(=O)CN1C(=O)OC(C)(C)C. The summed E-state index contributed by atoms with van der Waals surface area (Å²) in [4.78, 5) is 41.4. The Morgan fingerprint density at radius 1 is 1.37 bits per heavy atom. The molecule has 108 valence electrons. The number of hydroxylamine groups is 2. The maximum Gasteiger partial charge on any atom is 0.411 e. The van der Waals surface area contributed by atoms with Gasteiger partial charge in [0.05, 0.1) is 13.7 Å². The molecular weight excluding hydrogens is 252 g/mol. The van der Waals surface area contributed by atoms with Gasteiger partial charge in [-0.3, -0.25) is 19.3 Å². The molecule has 0 aliphatic carbocycles. The van der Waals surface area contributed by atoms with E-state index in [-0.39, 0.29) is 18.7 Å². The Labute approximate surface area is 112 Å². The van der Waals surface area contributed by atoms with Gasteiger partial charge in [-0.15, -0.1) is 0 Å². The van der Waals surface area contributed by atoms with Crippen LogP contribution in [0.15, 0.2) is 0 Å². The van der Waals surface area contributed by atoms with E-state index in [4.69, 9.17) is 9.57 Å². The van der Waals surface area contributed by atoms with Gasteiger partial charge in [0.1, 0.15) is 11.6 Å². The molecule has 1 fully saturated rings. The van der Waals surface area contributed by atoms with E-state index in [1.54, 1.807) is 20.8 Å². The zero-order valence-corrected chi connectivity index (χ0v) is 11.9. The summed E-state index contributed by atoms with van der Waals surface area (Å²) < 4.78 is 5.19. The lowest BCUT2D eigenvalue weighted by molar-refractivity contribution is -0.173. The normalized spacial score (nSPS) is 19.5. The van der Waals surface area contributed by atoms with Crippen molar-refractivity contribution in [3.8, 4) is 0 Å². The highest BCUT2D eigenvalue weighted by Gasteiger charge is 2.42. The lowest BCUT2D eigenvalue weighted by atomic mass is 10.2. The van der Waals surface area contributed by atoms with Crippen LogP contribution < -0.4 is 0 Å². The standard InChI is InChI=1S/C12H20N2O5/c1-12(2,3)19-11(17)14-7-8(15)6-9(14)10(16)13(4)18-5/h9H,6-7H2,1-5H3. The minimum absolute atomic E-state index is 0.00816. The number of hydrogen-bond donors (Lipinski definition) is 0. The smallest absolute Gasteiger partial charge is 0.411 e. The molecule has 1 aliphatic heterocycles. The van der Waals surface area contributed by atoms with E-state index in [1.165, 1.54) is 14.2 Å². The first-order chi connectivity index (χ1) is 8.65. The topological polar surface area (TPSA) is 76.2 Å². The molecule has 0 aromatic carbocycles. The number of Topliss-reactive ketones (excluding diaryl/α,β-unsaturated/α-hetero) is 1. The average Bonchev–Trinajstić information content (AvgIpc) is 2.67. The van der Waals surface area contributed by atoms with E-state index < -0.39 is 23.6 Å². The van der Waals surface area contributed by atoms with Gasteiger partial charge in [-0.1, -0.05) is 0 Å². The molecule has 7 nitrogen and oxygen atoms in total. The van der Waals surface area contributed by atoms with E-state index >= 15 is 0 Å². The van der Waals surface area contributed by atoms with Gasteiger partial charge in [-0.25, -0.2) is 9.86 Å². The van der Waals surface area contributed by atoms with Crippen molar-refractivity contribution in [3.63, 3.8) is 0 Å². The molecule has 0 N–H and O–H groups in total. The number of ether oxygens (including phenoxy) is 1. The van der Waals surface area contributed by atoms with Gasteiger partial charge in [-0.2, -0.15) is 0 Å². The van der Waals surface area contributed by atoms with Gasteiger partial charge in [-0.05, 0) is 20.8 Å². The van der Waals surface area contributed by atoms with Crippen LogP contribution in [0.1, 0.15) is 27.2 Å². The van der Waals surface area contributed by atoms with Crippen LogP contribution in [0.5, 0.6) is 0 Å². The number of amides is 2. The molecule has 1 atom stereocenters. The summed E-state index contributed by atoms with van der Waals surface area (Å²) in [5, 5.41) is 1.00. The van der Waals surface area contributed by atoms with E-state index in [0.717, 1.165) is 9.96 Å². The zero-order valence-electron chi connectivity index (χ0n) is 11.9. The number of carbonyl (C=O) groups is 3. The molecule has 7 heteroatoms. The molecule has 19 heavy (non-hydrogen) atoms. The van der Waals surface area contributed by atoms with Crippen LogP contribution in [-0.2, 0) is 19.2 Å². The molecule has 0 radical (unpaired) electrons. The fourth-order valence-corrected chi connectivity index (χ4v) is 1.72. The summed E-state index contributed by atoms with van der Waals surface area (Å²) in [6.45, 7) is 5.06. The third kappa shape index (κ3) is 3.92. The van der Waals surface area contributed by atoms with E-state index in [1.807, 2.05) is 0 Å². The second kappa shape index (κ2) is 5.56. The van der Waals surface area contributed by atoms with Crippen molar-refractivity contribution in [2.75, 3.05) is 20.7 Å². The van der Waals surface area contributed by atoms with Gasteiger partial charge in [0.15, 0.2) is 5.78 Å². The second-order valence-electron chi connectivity index (χ2n) is 5.39. The Morgan fingerprint density at radius 3 is 2.42 bits per heavy atom. The van der Waals surface area contributed by atoms with Crippen molar-refractivity contribution in [2.45, 2.75) is 38.8 Å². The van der Waals surface area contributed by atoms with Crippen molar-refractivity contribution in [1.29, 1.82) is 0 Å². The number of nitrogens with zero attached hydrogens (tertiary/aromatic N) is 2. The molecule has 1 aliphatic rings. The van der Waals surface area contributed by atoms with Gasteiger partial charge < -0.3 is 4.74 Å². The molecule has 0 spiro atoms. The lowest BCUT2D eigenvalue weighted by Crippen LogP contribution is -2.47. The van der Waals surface area contributed by atoms with Crippen LogP contribution in [0.25, 0.3) is 0 Å². The van der Waals surface area contributed by atoms with Crippen molar-refractivity contribution in [1.82, 2.24) is 9.96 Å². The number of carbonyl (C=O) groups excluding carboxylic acids is 3. The van der Waals surface area contributed by atoms with Gasteiger partial charge >= 0.3 is 6.09 Å². The van der Waals surface area contributed by atoms with Crippen molar-refractivity contribution in [3.05, 3.63) is 0 Å². The highest BCUT2D eigenvalue weighted by Crippen LogP contribution is 2.20. The summed E-state index contributed by atoms with van der Waals surface area (Å²) in [6.07, 6.45) is -0.674. The average molecular weight is 272 g/mol. The highest BCUT2D eigenvalue weighted by atomic mass is 16.7. The number of likely N-dealkylation sites (N-methyl/N-ethyl adjacent to an activating group) is 1. The monoisotopic (exact) mass is 272 g/mol. The number of likely N-dealkylation sites (tertiary alicyclic amines) is 1. The Morgan fingerprint density at radius 2 is 1.95 bits per heavy atom. The lowest BCUT2D eigenvalue weighted by Gasteiger charge is -2.28. The summed E-state index contributed by atoms with van der Waals surface area (Å²) in [5.41, 5.74) is -0.677. The zero-order chi connectivity index (χ0) is 14.8. The predicted molar refractivity (Wildman–Crippen MR) is 66.1 cm³/mol. The fraction of sp³-hybridized carbons (Fsp3) is 0.750. The minimum Gasteiger partial charge on any atom is -0.444 e. The first-order valence-corrected chi connectivity index (χ1v) is 5.98. The maximum atomic E-state index is 12.0.